The Hall–Kier alpha value is -1.28. The van der Waals surface area contributed by atoms with Crippen LogP contribution in [0.3, 0.4) is 0 Å². The first kappa shape index (κ1) is 9.81. The van der Waals surface area contributed by atoms with Crippen molar-refractivity contribution in [1.29, 1.82) is 0 Å². The minimum atomic E-state index is 0. The first-order valence-electron chi connectivity index (χ1n) is 3.88. The molecule has 0 radical (unpaired) electrons. The van der Waals surface area contributed by atoms with Crippen molar-refractivity contribution in [1.82, 2.24) is 4.98 Å². The lowest BCUT2D eigenvalue weighted by Gasteiger charge is -2.01. The van der Waals surface area contributed by atoms with Crippen LogP contribution in [0, 0.1) is 6.92 Å². The van der Waals surface area contributed by atoms with Gasteiger partial charge in [0.2, 0.25) is 0 Å². The first-order chi connectivity index (χ1) is 5.77. The van der Waals surface area contributed by atoms with Crippen molar-refractivity contribution in [3.05, 3.63) is 36.2 Å². The van der Waals surface area contributed by atoms with E-state index < -0.39 is 0 Å². The molecule has 0 spiro atoms. The van der Waals surface area contributed by atoms with E-state index in [0.29, 0.717) is 0 Å². The van der Waals surface area contributed by atoms with Gasteiger partial charge in [0, 0.05) is 28.4 Å². The van der Waals surface area contributed by atoms with E-state index in [9.17, 15) is 0 Å². The number of fused-ring (bicyclic) bond motifs is 1. The molecule has 0 aliphatic heterocycles. The van der Waals surface area contributed by atoms with Crippen LogP contribution >= 0.6 is 12.4 Å². The zero-order valence-corrected chi connectivity index (χ0v) is 8.14. The van der Waals surface area contributed by atoms with Gasteiger partial charge >= 0.3 is 0 Å². The minimum Gasteiger partial charge on any atom is -0.398 e. The number of benzene rings is 1. The zero-order chi connectivity index (χ0) is 8.55. The average Bonchev–Trinajstić information content (AvgIpc) is 2.07. The van der Waals surface area contributed by atoms with Crippen LogP contribution < -0.4 is 5.73 Å². The Balaban J connectivity index is 0.000000845. The monoisotopic (exact) mass is 194 g/mol. The molecule has 0 saturated carbocycles. The number of aromatic nitrogens is 1. The van der Waals surface area contributed by atoms with E-state index in [4.69, 9.17) is 5.73 Å². The molecule has 2 aromatic rings. The predicted octanol–water partition coefficient (Wildman–Crippen LogP) is 2.55. The van der Waals surface area contributed by atoms with E-state index in [0.717, 1.165) is 22.2 Å². The number of nitrogen functional groups attached to an aromatic ring is 1. The smallest absolute Gasteiger partial charge is 0.0394 e. The van der Waals surface area contributed by atoms with Crippen LogP contribution in [0.15, 0.2) is 30.5 Å². The van der Waals surface area contributed by atoms with Crippen molar-refractivity contribution in [3.63, 3.8) is 0 Å². The number of aryl methyl sites for hydroxylation is 1. The quantitative estimate of drug-likeness (QED) is 0.655. The number of hydrogen-bond acceptors (Lipinski definition) is 2. The van der Waals surface area contributed by atoms with Crippen molar-refractivity contribution in [3.8, 4) is 0 Å². The Bertz CT molecular complexity index is 426. The Morgan fingerprint density at radius 1 is 1.31 bits per heavy atom. The fraction of sp³-hybridized carbons (Fsp3) is 0.100. The summed E-state index contributed by atoms with van der Waals surface area (Å²) in [6.07, 6.45) is 1.85. The fourth-order valence-electron chi connectivity index (χ4n) is 1.30. The van der Waals surface area contributed by atoms with Crippen LogP contribution in [0.4, 0.5) is 5.69 Å². The summed E-state index contributed by atoms with van der Waals surface area (Å²) in [5, 5.41) is 2.19. The lowest BCUT2D eigenvalue weighted by molar-refractivity contribution is 1.22. The number of rotatable bonds is 0. The Morgan fingerprint density at radius 3 is 2.85 bits per heavy atom. The second-order valence-corrected chi connectivity index (χ2v) is 2.89. The van der Waals surface area contributed by atoms with Crippen LogP contribution in [0.2, 0.25) is 0 Å². The van der Waals surface area contributed by atoms with Crippen LogP contribution in [-0.2, 0) is 0 Å². The maximum absolute atomic E-state index is 5.80. The molecule has 0 saturated heterocycles. The minimum absolute atomic E-state index is 0. The van der Waals surface area contributed by atoms with Gasteiger partial charge in [-0.1, -0.05) is 12.1 Å². The van der Waals surface area contributed by atoms with Crippen molar-refractivity contribution >= 4 is 28.9 Å². The van der Waals surface area contributed by atoms with Crippen LogP contribution in [0.5, 0.6) is 0 Å². The van der Waals surface area contributed by atoms with Crippen LogP contribution in [0.1, 0.15) is 5.69 Å². The first-order valence-corrected chi connectivity index (χ1v) is 3.88. The van der Waals surface area contributed by atoms with Crippen LogP contribution in [-0.4, -0.2) is 4.98 Å². The standard InChI is InChI=1S/C10H10N2.ClH/c1-7-5-9-8(6-12-7)3-2-4-10(9)11;/h2-6H,11H2,1H3;1H. The molecule has 3 heteroatoms. The lowest BCUT2D eigenvalue weighted by Crippen LogP contribution is -1.88. The highest BCUT2D eigenvalue weighted by atomic mass is 35.5. The molecular weight excluding hydrogens is 184 g/mol. The molecule has 1 aromatic heterocycles. The molecule has 2 N–H and O–H groups in total. The van der Waals surface area contributed by atoms with Crippen LogP contribution in [0.25, 0.3) is 10.8 Å². The number of pyridine rings is 1. The number of nitrogens with zero attached hydrogens (tertiary/aromatic N) is 1. The summed E-state index contributed by atoms with van der Waals surface area (Å²) in [5.41, 5.74) is 7.62. The Morgan fingerprint density at radius 2 is 2.08 bits per heavy atom. The van der Waals surface area contributed by atoms with E-state index in [1.807, 2.05) is 37.4 Å². The SMILES string of the molecule is Cc1cc2c(N)cccc2cn1.Cl. The highest BCUT2D eigenvalue weighted by Gasteiger charge is 1.96. The summed E-state index contributed by atoms with van der Waals surface area (Å²) in [4.78, 5) is 4.19. The van der Waals surface area contributed by atoms with Crippen molar-refractivity contribution in [2.45, 2.75) is 6.92 Å². The van der Waals surface area contributed by atoms with Gasteiger partial charge in [0.25, 0.3) is 0 Å². The summed E-state index contributed by atoms with van der Waals surface area (Å²) in [7, 11) is 0. The molecule has 2 rings (SSSR count). The predicted molar refractivity (Wildman–Crippen MR) is 58.1 cm³/mol. The molecule has 0 fully saturated rings. The highest BCUT2D eigenvalue weighted by Crippen LogP contribution is 2.19. The molecule has 1 aromatic carbocycles. The van der Waals surface area contributed by atoms with E-state index >= 15 is 0 Å². The maximum Gasteiger partial charge on any atom is 0.0394 e. The van der Waals surface area contributed by atoms with Gasteiger partial charge in [0.15, 0.2) is 0 Å². The normalized spacial score (nSPS) is 9.62. The Labute approximate surface area is 83.2 Å². The fourth-order valence-corrected chi connectivity index (χ4v) is 1.30. The van der Waals surface area contributed by atoms with E-state index in [1.165, 1.54) is 0 Å². The molecule has 68 valence electrons. The second-order valence-electron chi connectivity index (χ2n) is 2.89. The topological polar surface area (TPSA) is 38.9 Å². The molecular formula is C10H11ClN2. The summed E-state index contributed by atoms with van der Waals surface area (Å²) in [6.45, 7) is 1.96. The number of halogens is 1. The number of nitrogens with two attached hydrogens (primary N) is 1. The Kier molecular flexibility index (Phi) is 2.73. The van der Waals surface area contributed by atoms with E-state index in [1.54, 1.807) is 0 Å². The third kappa shape index (κ3) is 1.73. The van der Waals surface area contributed by atoms with Crippen molar-refractivity contribution < 1.29 is 0 Å². The lowest BCUT2D eigenvalue weighted by atomic mass is 10.1. The van der Waals surface area contributed by atoms with Crippen molar-refractivity contribution in [2.75, 3.05) is 5.73 Å². The summed E-state index contributed by atoms with van der Waals surface area (Å²) < 4.78 is 0. The molecule has 0 amide bonds. The van der Waals surface area contributed by atoms with Crippen molar-refractivity contribution in [2.24, 2.45) is 0 Å². The summed E-state index contributed by atoms with van der Waals surface area (Å²) in [5.74, 6) is 0. The average molecular weight is 195 g/mol. The zero-order valence-electron chi connectivity index (χ0n) is 7.32. The molecule has 13 heavy (non-hydrogen) atoms. The van der Waals surface area contributed by atoms with Gasteiger partial charge < -0.3 is 5.73 Å². The summed E-state index contributed by atoms with van der Waals surface area (Å²) >= 11 is 0. The molecule has 0 unspecified atom stereocenters. The molecule has 0 aliphatic rings. The third-order valence-corrected chi connectivity index (χ3v) is 1.93. The van der Waals surface area contributed by atoms with Gasteiger partial charge in [-0.3, -0.25) is 4.98 Å². The van der Waals surface area contributed by atoms with Gasteiger partial charge in [-0.25, -0.2) is 0 Å². The highest BCUT2D eigenvalue weighted by molar-refractivity contribution is 5.92. The van der Waals surface area contributed by atoms with Gasteiger partial charge in [0.1, 0.15) is 0 Å². The van der Waals surface area contributed by atoms with Gasteiger partial charge in [-0.15, -0.1) is 12.4 Å². The largest absolute Gasteiger partial charge is 0.398 e. The maximum atomic E-state index is 5.80. The van der Waals surface area contributed by atoms with E-state index in [2.05, 4.69) is 4.98 Å². The third-order valence-electron chi connectivity index (χ3n) is 1.93. The molecule has 1 heterocycles. The molecule has 0 atom stereocenters. The van der Waals surface area contributed by atoms with Gasteiger partial charge in [-0.05, 0) is 19.1 Å². The second kappa shape index (κ2) is 3.62. The summed E-state index contributed by atoms with van der Waals surface area (Å²) in [6, 6.07) is 7.86. The molecule has 2 nitrogen and oxygen atoms in total. The number of hydrogen-bond donors (Lipinski definition) is 1. The van der Waals surface area contributed by atoms with Gasteiger partial charge in [0.05, 0.1) is 0 Å². The van der Waals surface area contributed by atoms with Gasteiger partial charge in [-0.2, -0.15) is 0 Å². The van der Waals surface area contributed by atoms with E-state index in [-0.39, 0.29) is 12.4 Å². The molecule has 0 bridgehead atoms. The number of anilines is 1. The molecule has 0 aliphatic carbocycles.